The summed E-state index contributed by atoms with van der Waals surface area (Å²) in [6.45, 7) is 6.04. The first-order chi connectivity index (χ1) is 15.6. The van der Waals surface area contributed by atoms with E-state index < -0.39 is 0 Å². The molecule has 10 heteroatoms. The van der Waals surface area contributed by atoms with E-state index in [1.54, 1.807) is 0 Å². The average Bonchev–Trinajstić information content (AvgIpc) is 2.80. The second-order valence-corrected chi connectivity index (χ2v) is 7.31. The van der Waals surface area contributed by atoms with E-state index in [2.05, 4.69) is 16.0 Å². The van der Waals surface area contributed by atoms with Gasteiger partial charge in [0.2, 0.25) is 0 Å². The van der Waals surface area contributed by atoms with Gasteiger partial charge in [-0.05, 0) is 19.3 Å². The molecular weight excluding hydrogens is 482 g/mol. The predicted octanol–water partition coefficient (Wildman–Crippen LogP) is 5.00. The number of rotatable bonds is 15. The van der Waals surface area contributed by atoms with E-state index in [0.717, 1.165) is 38.5 Å². The van der Waals surface area contributed by atoms with Gasteiger partial charge in [0.1, 0.15) is 17.3 Å². The fourth-order valence-corrected chi connectivity index (χ4v) is 2.13. The Morgan fingerprint density at radius 3 is 0.824 bits per heavy atom. The molecule has 0 aromatic rings. The van der Waals surface area contributed by atoms with Crippen LogP contribution in [0.5, 0.6) is 0 Å². The van der Waals surface area contributed by atoms with Crippen LogP contribution in [0.2, 0.25) is 0 Å². The molecule has 9 nitrogen and oxygen atoms in total. The van der Waals surface area contributed by atoms with Crippen LogP contribution in [0.4, 0.5) is 0 Å². The van der Waals surface area contributed by atoms with Crippen molar-refractivity contribution in [3.8, 4) is 0 Å². The third-order valence-corrected chi connectivity index (χ3v) is 4.22. The van der Waals surface area contributed by atoms with Crippen molar-refractivity contribution >= 4 is 35.1 Å². The Balaban J connectivity index is -0.000000196. The Kier molecular flexibility index (Phi) is 33.4. The van der Waals surface area contributed by atoms with Crippen LogP contribution in [0.3, 0.4) is 0 Å². The standard InChI is InChI=1S/3C8H15NO2.Fe/c3*1-3-4-5-7(10)6-8(11)9-2;/h3*3-6H2,1-2H3,(H,9,11);/q;;;+3/p-3. The molecule has 34 heavy (non-hydrogen) atoms. The Bertz CT molecular complexity index is 516. The van der Waals surface area contributed by atoms with Gasteiger partial charge in [-0.15, -0.1) is 21.1 Å². The summed E-state index contributed by atoms with van der Waals surface area (Å²) in [5.74, 6) is -0.935. The number of hydrogen-bond donors (Lipinski definition) is 0. The van der Waals surface area contributed by atoms with E-state index in [9.17, 15) is 28.8 Å². The molecule has 0 saturated heterocycles. The Morgan fingerprint density at radius 1 is 0.471 bits per heavy atom. The number of hydrogen-bond acceptors (Lipinski definition) is 6. The summed E-state index contributed by atoms with van der Waals surface area (Å²) >= 11 is 0. The van der Waals surface area contributed by atoms with Crippen LogP contribution in [0.1, 0.15) is 97.8 Å². The molecule has 3 amide bonds. The van der Waals surface area contributed by atoms with Gasteiger partial charge in [-0.3, -0.25) is 14.4 Å². The van der Waals surface area contributed by atoms with Crippen molar-refractivity contribution < 1.29 is 45.8 Å². The molecule has 0 rings (SSSR count). The Hall–Kier alpha value is -2.06. The maximum Gasteiger partial charge on any atom is 3.00 e. The van der Waals surface area contributed by atoms with Crippen LogP contribution >= 0.6 is 0 Å². The molecule has 0 aliphatic rings. The fourth-order valence-electron chi connectivity index (χ4n) is 2.13. The quantitative estimate of drug-likeness (QED) is 0.218. The van der Waals surface area contributed by atoms with Crippen molar-refractivity contribution in [3.63, 3.8) is 0 Å². The van der Waals surface area contributed by atoms with Gasteiger partial charge in [0.25, 0.3) is 0 Å². The van der Waals surface area contributed by atoms with E-state index in [1.807, 2.05) is 20.8 Å². The molecule has 0 N–H and O–H groups in total. The van der Waals surface area contributed by atoms with E-state index in [1.165, 1.54) is 21.1 Å². The summed E-state index contributed by atoms with van der Waals surface area (Å²) < 4.78 is 0. The van der Waals surface area contributed by atoms with Crippen LogP contribution in [-0.4, -0.2) is 56.2 Å². The second kappa shape index (κ2) is 29.0. The first-order valence-electron chi connectivity index (χ1n) is 11.5. The van der Waals surface area contributed by atoms with Crippen molar-refractivity contribution in [2.45, 2.75) is 97.8 Å². The zero-order chi connectivity index (χ0) is 26.1. The summed E-state index contributed by atoms with van der Waals surface area (Å²) in [5.41, 5.74) is 0. The van der Waals surface area contributed by atoms with Crippen LogP contribution in [0.15, 0.2) is 0 Å². The average molecular weight is 524 g/mol. The van der Waals surface area contributed by atoms with Gasteiger partial charge < -0.3 is 30.3 Å². The topological polar surface area (TPSA) is 145 Å². The van der Waals surface area contributed by atoms with Crippen molar-refractivity contribution in [2.75, 3.05) is 21.1 Å². The molecule has 0 aromatic heterocycles. The summed E-state index contributed by atoms with van der Waals surface area (Å²) in [6, 6.07) is 0. The molecule has 0 heterocycles. The molecule has 0 aromatic carbocycles. The van der Waals surface area contributed by atoms with Crippen molar-refractivity contribution in [2.24, 2.45) is 0 Å². The van der Waals surface area contributed by atoms with Crippen LogP contribution < -0.4 is 0 Å². The third kappa shape index (κ3) is 32.1. The first-order valence-corrected chi connectivity index (χ1v) is 11.5. The number of unbranched alkanes of at least 4 members (excludes halogenated alkanes) is 3. The largest absolute Gasteiger partial charge is 3.00 e. The van der Waals surface area contributed by atoms with Crippen molar-refractivity contribution in [3.05, 3.63) is 16.0 Å². The predicted molar refractivity (Wildman–Crippen MR) is 130 cm³/mol. The van der Waals surface area contributed by atoms with Crippen LogP contribution in [0, 0.1) is 0 Å². The van der Waals surface area contributed by atoms with Crippen molar-refractivity contribution in [1.82, 2.24) is 0 Å². The summed E-state index contributed by atoms with van der Waals surface area (Å²) in [4.78, 5) is 64.5. The third-order valence-electron chi connectivity index (χ3n) is 4.22. The minimum atomic E-state index is -0.314. The molecular formula is C24H42FeN3O6. The summed E-state index contributed by atoms with van der Waals surface area (Å²) in [5, 5.41) is 10.1. The van der Waals surface area contributed by atoms with Crippen LogP contribution in [0.25, 0.3) is 16.0 Å². The molecule has 197 valence electrons. The number of carbonyl (C=O) groups is 6. The van der Waals surface area contributed by atoms with Gasteiger partial charge in [0.05, 0.1) is 17.7 Å². The SMILES string of the molecule is CCCCC(=O)CC(=O)[N-]C.CCCCC(=O)CC(=O)[N-]C.CCCCC(=O)CC(=O)[N-]C.[Fe+3]. The van der Waals surface area contributed by atoms with E-state index >= 15 is 0 Å². The molecule has 0 bridgehead atoms. The molecule has 0 fully saturated rings. The molecule has 0 aliphatic heterocycles. The number of Topliss-reactive ketones (excluding diaryl/α,β-unsaturated/α-hetero) is 3. The monoisotopic (exact) mass is 524 g/mol. The van der Waals surface area contributed by atoms with Crippen LogP contribution in [-0.2, 0) is 45.8 Å². The Labute approximate surface area is 215 Å². The maximum atomic E-state index is 10.9. The maximum absolute atomic E-state index is 10.9. The molecule has 0 atom stereocenters. The van der Waals surface area contributed by atoms with Gasteiger partial charge >= 0.3 is 17.1 Å². The minimum Gasteiger partial charge on any atom is -0.656 e. The fraction of sp³-hybridized carbons (Fsp3) is 0.750. The zero-order valence-electron chi connectivity index (χ0n) is 21.6. The molecule has 0 saturated carbocycles. The zero-order valence-corrected chi connectivity index (χ0v) is 22.7. The normalized spacial score (nSPS) is 9.00. The first kappa shape index (κ1) is 39.2. The summed E-state index contributed by atoms with van der Waals surface area (Å²) in [6.07, 6.45) is 7.06. The number of carbonyl (C=O) groups excluding carboxylic acids is 6. The minimum absolute atomic E-state index is 0. The Morgan fingerprint density at radius 2 is 0.676 bits per heavy atom. The summed E-state index contributed by atoms with van der Waals surface area (Å²) in [7, 11) is 4.24. The van der Waals surface area contributed by atoms with Gasteiger partial charge in [-0.25, -0.2) is 0 Å². The second-order valence-electron chi connectivity index (χ2n) is 7.31. The van der Waals surface area contributed by atoms with Gasteiger partial charge in [0.15, 0.2) is 0 Å². The van der Waals surface area contributed by atoms with Gasteiger partial charge in [-0.2, -0.15) is 0 Å². The van der Waals surface area contributed by atoms with E-state index in [0.29, 0.717) is 19.3 Å². The molecule has 0 aliphatic carbocycles. The van der Waals surface area contributed by atoms with Crippen molar-refractivity contribution in [1.29, 1.82) is 0 Å². The van der Waals surface area contributed by atoms with E-state index in [-0.39, 0.29) is 71.4 Å². The molecule has 0 unspecified atom stereocenters. The number of amides is 3. The number of nitrogens with zero attached hydrogens (tertiary/aromatic N) is 3. The van der Waals surface area contributed by atoms with Gasteiger partial charge in [0, 0.05) is 38.5 Å². The molecule has 1 radical (unpaired) electrons. The number of ketones is 3. The molecule has 0 spiro atoms. The van der Waals surface area contributed by atoms with E-state index in [4.69, 9.17) is 0 Å². The van der Waals surface area contributed by atoms with Gasteiger partial charge in [-0.1, -0.05) is 40.0 Å². The smallest absolute Gasteiger partial charge is 0.656 e.